The van der Waals surface area contributed by atoms with Crippen molar-refractivity contribution in [3.8, 4) is 11.5 Å². The van der Waals surface area contributed by atoms with E-state index in [1.807, 2.05) is 80.3 Å². The quantitative estimate of drug-likeness (QED) is 0.188. The normalized spacial score (nSPS) is 15.9. The summed E-state index contributed by atoms with van der Waals surface area (Å²) in [5, 5.41) is 4.61. The van der Waals surface area contributed by atoms with Gasteiger partial charge in [-0.05, 0) is 106 Å². The van der Waals surface area contributed by atoms with Crippen LogP contribution in [0.4, 0.5) is 11.5 Å². The first-order chi connectivity index (χ1) is 21.5. The van der Waals surface area contributed by atoms with Gasteiger partial charge in [-0.25, -0.2) is 13.4 Å². The molecule has 1 aliphatic rings. The summed E-state index contributed by atoms with van der Waals surface area (Å²) in [5.41, 5.74) is 8.17. The standard InChI is InChI=1S/C35H42N4O5S/c1-6-43-31-21-25(13-16-30(31)44-22(2)3)33(38-26-14-15-27-24(20-26)17-18-37-34(27)36)35(40)39-19-9-11-29(39)28-10-7-8-12-32(28)45(41,42)23(4)5/h7-8,10,12-18,20-23,29,33,38H,6,9,11,19H2,1-5H3,(H2,36,37). The molecule has 2 heterocycles. The van der Waals surface area contributed by atoms with Gasteiger partial charge >= 0.3 is 0 Å². The molecule has 1 fully saturated rings. The largest absolute Gasteiger partial charge is 0.490 e. The highest BCUT2D eigenvalue weighted by molar-refractivity contribution is 7.92. The summed E-state index contributed by atoms with van der Waals surface area (Å²) in [6.07, 6.45) is 3.02. The lowest BCUT2D eigenvalue weighted by Crippen LogP contribution is -2.38. The fraction of sp³-hybridized carbons (Fsp3) is 0.371. The first kappa shape index (κ1) is 32.1. The summed E-state index contributed by atoms with van der Waals surface area (Å²) in [5.74, 6) is 1.42. The van der Waals surface area contributed by atoms with Crippen LogP contribution in [0.5, 0.6) is 11.5 Å². The Kier molecular flexibility index (Phi) is 9.53. The molecule has 4 aromatic rings. The molecule has 45 heavy (non-hydrogen) atoms. The van der Waals surface area contributed by atoms with E-state index in [0.29, 0.717) is 48.0 Å². The summed E-state index contributed by atoms with van der Waals surface area (Å²) in [6.45, 7) is 10.1. The van der Waals surface area contributed by atoms with Crippen molar-refractivity contribution in [2.45, 2.75) is 75.8 Å². The molecular weight excluding hydrogens is 588 g/mol. The molecule has 9 nitrogen and oxygen atoms in total. The third kappa shape index (κ3) is 6.71. The topological polar surface area (TPSA) is 124 Å². The number of nitrogens with one attached hydrogen (secondary N) is 1. The minimum Gasteiger partial charge on any atom is -0.490 e. The Labute approximate surface area is 265 Å². The lowest BCUT2D eigenvalue weighted by Gasteiger charge is -2.31. The van der Waals surface area contributed by atoms with E-state index in [4.69, 9.17) is 15.2 Å². The molecule has 2 unspecified atom stereocenters. The summed E-state index contributed by atoms with van der Waals surface area (Å²) in [6, 6.07) is 19.0. The van der Waals surface area contributed by atoms with Gasteiger partial charge in [-0.15, -0.1) is 0 Å². The number of carbonyl (C=O) groups is 1. The number of benzene rings is 3. The summed E-state index contributed by atoms with van der Waals surface area (Å²) in [7, 11) is -3.57. The Morgan fingerprint density at radius 3 is 2.56 bits per heavy atom. The monoisotopic (exact) mass is 630 g/mol. The maximum absolute atomic E-state index is 14.7. The van der Waals surface area contributed by atoms with E-state index in [0.717, 1.165) is 22.9 Å². The van der Waals surface area contributed by atoms with E-state index < -0.39 is 21.1 Å². The number of rotatable bonds is 11. The second-order valence-corrected chi connectivity index (χ2v) is 14.3. The maximum Gasteiger partial charge on any atom is 0.250 e. The highest BCUT2D eigenvalue weighted by atomic mass is 32.2. The van der Waals surface area contributed by atoms with Gasteiger partial charge in [0.15, 0.2) is 21.3 Å². The van der Waals surface area contributed by atoms with Gasteiger partial charge in [0.2, 0.25) is 5.91 Å². The maximum atomic E-state index is 14.7. The van der Waals surface area contributed by atoms with Crippen LogP contribution in [0, 0.1) is 0 Å². The number of likely N-dealkylation sites (tertiary alicyclic amines) is 1. The molecule has 0 bridgehead atoms. The van der Waals surface area contributed by atoms with Crippen LogP contribution >= 0.6 is 0 Å². The minimum atomic E-state index is -3.57. The zero-order valence-electron chi connectivity index (χ0n) is 26.5. The average molecular weight is 631 g/mol. The van der Waals surface area contributed by atoms with Crippen LogP contribution in [0.1, 0.15) is 70.7 Å². The number of sulfone groups is 1. The molecular formula is C35H42N4O5S. The van der Waals surface area contributed by atoms with Gasteiger partial charge in [0.05, 0.1) is 28.9 Å². The Morgan fingerprint density at radius 2 is 1.82 bits per heavy atom. The third-order valence-corrected chi connectivity index (χ3v) is 10.3. The molecule has 1 saturated heterocycles. The van der Waals surface area contributed by atoms with Crippen LogP contribution in [0.15, 0.2) is 77.8 Å². The van der Waals surface area contributed by atoms with E-state index in [1.54, 1.807) is 32.2 Å². The number of hydrogen-bond acceptors (Lipinski definition) is 8. The molecule has 0 spiro atoms. The number of fused-ring (bicyclic) bond motifs is 1. The average Bonchev–Trinajstić information content (AvgIpc) is 3.50. The number of ether oxygens (including phenoxy) is 2. The third-order valence-electron chi connectivity index (χ3n) is 8.06. The van der Waals surface area contributed by atoms with Crippen LogP contribution in [-0.2, 0) is 14.6 Å². The second-order valence-electron chi connectivity index (χ2n) is 11.8. The molecule has 0 aliphatic carbocycles. The van der Waals surface area contributed by atoms with E-state index >= 15 is 0 Å². The number of nitrogen functional groups attached to an aromatic ring is 1. The lowest BCUT2D eigenvalue weighted by atomic mass is 10.0. The first-order valence-electron chi connectivity index (χ1n) is 15.5. The number of pyridine rings is 1. The van der Waals surface area contributed by atoms with E-state index in [-0.39, 0.29) is 22.9 Å². The van der Waals surface area contributed by atoms with E-state index in [2.05, 4.69) is 10.3 Å². The van der Waals surface area contributed by atoms with Crippen molar-refractivity contribution in [1.82, 2.24) is 9.88 Å². The van der Waals surface area contributed by atoms with Gasteiger partial charge < -0.3 is 25.4 Å². The number of nitrogens with zero attached hydrogens (tertiary/aromatic N) is 2. The summed E-state index contributed by atoms with van der Waals surface area (Å²) >= 11 is 0. The Morgan fingerprint density at radius 1 is 1.04 bits per heavy atom. The summed E-state index contributed by atoms with van der Waals surface area (Å²) in [4.78, 5) is 21.0. The van der Waals surface area contributed by atoms with Crippen molar-refractivity contribution < 1.29 is 22.7 Å². The molecule has 0 radical (unpaired) electrons. The number of hydrogen-bond donors (Lipinski definition) is 2. The summed E-state index contributed by atoms with van der Waals surface area (Å²) < 4.78 is 38.7. The molecule has 238 valence electrons. The van der Waals surface area contributed by atoms with Crippen LogP contribution in [0.2, 0.25) is 0 Å². The molecule has 10 heteroatoms. The number of nitrogens with two attached hydrogens (primary N) is 1. The molecule has 1 amide bonds. The van der Waals surface area contributed by atoms with Crippen LogP contribution in [0.3, 0.4) is 0 Å². The van der Waals surface area contributed by atoms with Gasteiger partial charge in [-0.2, -0.15) is 0 Å². The zero-order chi connectivity index (χ0) is 32.3. The molecule has 1 aliphatic heterocycles. The van der Waals surface area contributed by atoms with Crippen molar-refractivity contribution >= 4 is 38.0 Å². The first-order valence-corrected chi connectivity index (χ1v) is 17.0. The smallest absolute Gasteiger partial charge is 0.250 e. The van der Waals surface area contributed by atoms with Gasteiger partial charge in [0.1, 0.15) is 11.9 Å². The van der Waals surface area contributed by atoms with Gasteiger partial charge in [0.25, 0.3) is 0 Å². The van der Waals surface area contributed by atoms with Gasteiger partial charge in [-0.1, -0.05) is 24.3 Å². The zero-order valence-corrected chi connectivity index (χ0v) is 27.3. The van der Waals surface area contributed by atoms with Crippen molar-refractivity contribution in [2.75, 3.05) is 24.2 Å². The van der Waals surface area contributed by atoms with Crippen LogP contribution < -0.4 is 20.5 Å². The second kappa shape index (κ2) is 13.4. The Bertz CT molecular complexity index is 1790. The Hall–Kier alpha value is -4.31. The van der Waals surface area contributed by atoms with Crippen LogP contribution in [-0.4, -0.2) is 48.7 Å². The number of amides is 1. The highest BCUT2D eigenvalue weighted by Gasteiger charge is 2.38. The minimum absolute atomic E-state index is 0.0577. The predicted molar refractivity (Wildman–Crippen MR) is 178 cm³/mol. The van der Waals surface area contributed by atoms with Crippen molar-refractivity contribution in [2.24, 2.45) is 0 Å². The lowest BCUT2D eigenvalue weighted by molar-refractivity contribution is -0.133. The fourth-order valence-electron chi connectivity index (χ4n) is 5.86. The van der Waals surface area contributed by atoms with Crippen molar-refractivity contribution in [3.05, 3.63) is 84.1 Å². The predicted octanol–water partition coefficient (Wildman–Crippen LogP) is 6.70. The fourth-order valence-corrected chi connectivity index (χ4v) is 7.17. The molecule has 3 aromatic carbocycles. The molecule has 5 rings (SSSR count). The van der Waals surface area contributed by atoms with Crippen molar-refractivity contribution in [1.29, 1.82) is 0 Å². The highest BCUT2D eigenvalue weighted by Crippen LogP contribution is 2.40. The molecule has 1 aromatic heterocycles. The van der Waals surface area contributed by atoms with Crippen molar-refractivity contribution in [3.63, 3.8) is 0 Å². The van der Waals surface area contributed by atoms with Gasteiger partial charge in [0, 0.05) is 23.8 Å². The number of carbonyl (C=O) groups excluding carboxylic acids is 1. The van der Waals surface area contributed by atoms with E-state index in [9.17, 15) is 13.2 Å². The molecule has 3 N–H and O–H groups in total. The Balaban J connectivity index is 1.58. The van der Waals surface area contributed by atoms with Gasteiger partial charge in [-0.3, -0.25) is 4.79 Å². The SMILES string of the molecule is CCOc1cc(C(Nc2ccc3c(N)nccc3c2)C(=O)N2CCCC2c2ccccc2S(=O)(=O)C(C)C)ccc1OC(C)C. The van der Waals surface area contributed by atoms with Crippen LogP contribution in [0.25, 0.3) is 10.8 Å². The number of aromatic nitrogens is 1. The molecule has 0 saturated carbocycles. The molecule has 2 atom stereocenters. The number of anilines is 2. The van der Waals surface area contributed by atoms with E-state index in [1.165, 1.54) is 0 Å².